The second kappa shape index (κ2) is 7.77. The first-order valence-corrected chi connectivity index (χ1v) is 14.4. The van der Waals surface area contributed by atoms with Crippen LogP contribution >= 0.6 is 0 Å². The molecule has 200 valence electrons. The highest BCUT2D eigenvalue weighted by Gasteiger charge is 2.69. The van der Waals surface area contributed by atoms with Crippen LogP contribution in [0.15, 0.2) is 23.4 Å². The Balaban J connectivity index is 1.69. The van der Waals surface area contributed by atoms with Gasteiger partial charge in [0.25, 0.3) is 0 Å². The molecule has 0 aromatic carbocycles. The van der Waals surface area contributed by atoms with Gasteiger partial charge in [0.15, 0.2) is 11.6 Å². The second-order valence-corrected chi connectivity index (χ2v) is 15.5. The Kier molecular flexibility index (Phi) is 5.58. The van der Waals surface area contributed by atoms with E-state index in [1.54, 1.807) is 6.92 Å². The van der Waals surface area contributed by atoms with Crippen molar-refractivity contribution >= 4 is 17.3 Å². The predicted molar refractivity (Wildman–Crippen MR) is 145 cm³/mol. The summed E-state index contributed by atoms with van der Waals surface area (Å²) in [7, 11) is 0. The first-order valence-electron chi connectivity index (χ1n) is 14.4. The Labute approximate surface area is 223 Å². The van der Waals surface area contributed by atoms with Crippen molar-refractivity contribution in [1.29, 1.82) is 0 Å². The van der Waals surface area contributed by atoms with Crippen molar-refractivity contribution in [2.45, 2.75) is 107 Å². The molecule has 0 radical (unpaired) electrons. The Hall–Kier alpha value is -2.02. The third-order valence-electron chi connectivity index (χ3n) is 12.6. The largest absolute Gasteiger partial charge is 0.307 e. The molecule has 4 heteroatoms. The molecule has 3 fully saturated rings. The van der Waals surface area contributed by atoms with Crippen LogP contribution in [0.2, 0.25) is 0 Å². The minimum atomic E-state index is -0.636. The second-order valence-electron chi connectivity index (χ2n) is 15.5. The molecule has 0 amide bonds. The molecular formula is C33H45NO3. The normalized spacial score (nSPS) is 45.8. The van der Waals surface area contributed by atoms with Gasteiger partial charge in [-0.05, 0) is 91.4 Å². The summed E-state index contributed by atoms with van der Waals surface area (Å²) in [5.74, 6) is 0.607. The number of hydrogen-bond donors (Lipinski definition) is 0. The maximum atomic E-state index is 14.4. The van der Waals surface area contributed by atoms with Gasteiger partial charge in [-0.25, -0.2) is 4.85 Å². The summed E-state index contributed by atoms with van der Waals surface area (Å²) in [6.45, 7) is 25.0. The number of rotatable bonds is 2. The number of hydrogen-bond acceptors (Lipinski definition) is 3. The highest BCUT2D eigenvalue weighted by Crippen LogP contribution is 2.74. The standard InChI is InChI=1S/C33H45NO3/c1-20(35)17-33-14-12-28(2,3)18-21(33)26-23(36)16-25-30(6)19-22(34-9)27(37)29(4,5)24(30)10-11-31(25,7)32(26,8)13-15-33/h16,19,21,24,26H,10-15,17-18H2,1-8H3/t21-,24-,26-,30-,31+,32+,33+/m0/s1. The molecule has 0 spiro atoms. The fraction of sp³-hybridized carbons (Fsp3) is 0.758. The number of nitrogens with zero attached hydrogens (tertiary/aromatic N) is 1. The van der Waals surface area contributed by atoms with E-state index in [0.29, 0.717) is 6.42 Å². The molecule has 5 rings (SSSR count). The Bertz CT molecular complexity index is 1200. The van der Waals surface area contributed by atoms with Gasteiger partial charge in [-0.1, -0.05) is 60.1 Å². The van der Waals surface area contributed by atoms with Crippen LogP contribution < -0.4 is 0 Å². The van der Waals surface area contributed by atoms with Gasteiger partial charge < -0.3 is 9.59 Å². The summed E-state index contributed by atoms with van der Waals surface area (Å²) in [5, 5.41) is 0. The molecule has 0 aromatic heterocycles. The first kappa shape index (κ1) is 26.6. The molecule has 5 aliphatic carbocycles. The molecule has 37 heavy (non-hydrogen) atoms. The first-order chi connectivity index (χ1) is 17.0. The zero-order valence-electron chi connectivity index (χ0n) is 24.2. The molecule has 0 N–H and O–H groups in total. The molecule has 7 atom stereocenters. The maximum Gasteiger partial charge on any atom is 0.226 e. The lowest BCUT2D eigenvalue weighted by atomic mass is 9.34. The Morgan fingerprint density at radius 2 is 1.65 bits per heavy atom. The van der Waals surface area contributed by atoms with E-state index >= 15 is 0 Å². The SMILES string of the molecule is [C-]#[N+]C1=C[C@]2(C)C3=CC(=O)[C@@H]4[C@@H]5CC(C)(C)CC[C@]5(CC(C)=O)CC[C@@]4(C)[C@]3(C)CC[C@H]2C(C)(C)C1=O. The summed E-state index contributed by atoms with van der Waals surface area (Å²) in [5.41, 5.74) is -0.0578. The average Bonchev–Trinajstić information content (AvgIpc) is 2.78. The van der Waals surface area contributed by atoms with E-state index < -0.39 is 10.8 Å². The lowest BCUT2D eigenvalue weighted by Crippen LogP contribution is -2.64. The zero-order valence-corrected chi connectivity index (χ0v) is 24.2. The van der Waals surface area contributed by atoms with Gasteiger partial charge in [0, 0.05) is 23.2 Å². The minimum Gasteiger partial charge on any atom is -0.307 e. The molecule has 0 aromatic rings. The summed E-state index contributed by atoms with van der Waals surface area (Å²) in [4.78, 5) is 43.8. The van der Waals surface area contributed by atoms with E-state index in [9.17, 15) is 14.4 Å². The van der Waals surface area contributed by atoms with E-state index in [-0.39, 0.29) is 62.5 Å². The fourth-order valence-electron chi connectivity index (χ4n) is 10.5. The topological polar surface area (TPSA) is 55.6 Å². The van der Waals surface area contributed by atoms with Crippen LogP contribution in [-0.2, 0) is 14.4 Å². The lowest BCUT2D eigenvalue weighted by molar-refractivity contribution is -0.174. The van der Waals surface area contributed by atoms with Gasteiger partial charge >= 0.3 is 0 Å². The number of carbonyl (C=O) groups is 3. The van der Waals surface area contributed by atoms with Gasteiger partial charge in [0.2, 0.25) is 5.70 Å². The molecule has 0 aliphatic heterocycles. The van der Waals surface area contributed by atoms with Crippen molar-refractivity contribution in [3.8, 4) is 0 Å². The third kappa shape index (κ3) is 3.34. The number of allylic oxidation sites excluding steroid dienone is 4. The van der Waals surface area contributed by atoms with Gasteiger partial charge in [-0.2, -0.15) is 0 Å². The third-order valence-corrected chi connectivity index (χ3v) is 12.6. The summed E-state index contributed by atoms with van der Waals surface area (Å²) in [6, 6.07) is 0. The summed E-state index contributed by atoms with van der Waals surface area (Å²) in [6.07, 6.45) is 11.4. The predicted octanol–water partition coefficient (Wildman–Crippen LogP) is 7.54. The van der Waals surface area contributed by atoms with Gasteiger partial charge in [-0.3, -0.25) is 4.79 Å². The molecule has 4 nitrogen and oxygen atoms in total. The minimum absolute atomic E-state index is 0.0588. The smallest absolute Gasteiger partial charge is 0.226 e. The Morgan fingerprint density at radius 3 is 2.27 bits per heavy atom. The van der Waals surface area contributed by atoms with Gasteiger partial charge in [-0.15, -0.1) is 0 Å². The van der Waals surface area contributed by atoms with Crippen molar-refractivity contribution in [2.75, 3.05) is 0 Å². The van der Waals surface area contributed by atoms with Crippen LogP contribution in [0.4, 0.5) is 0 Å². The van der Waals surface area contributed by atoms with Crippen LogP contribution in [-0.4, -0.2) is 17.3 Å². The van der Waals surface area contributed by atoms with Crippen LogP contribution in [0.3, 0.4) is 0 Å². The van der Waals surface area contributed by atoms with Crippen molar-refractivity contribution in [1.82, 2.24) is 0 Å². The molecule has 0 bridgehead atoms. The number of Topliss-reactive ketones (excluding diaryl/α,β-unsaturated/α-hetero) is 2. The van der Waals surface area contributed by atoms with E-state index in [0.717, 1.165) is 50.5 Å². The van der Waals surface area contributed by atoms with E-state index in [1.807, 2.05) is 26.0 Å². The van der Waals surface area contributed by atoms with Crippen LogP contribution in [0.25, 0.3) is 4.85 Å². The van der Waals surface area contributed by atoms with Crippen molar-refractivity contribution in [3.63, 3.8) is 0 Å². The van der Waals surface area contributed by atoms with Crippen LogP contribution in [0, 0.1) is 56.8 Å². The molecule has 0 unspecified atom stereocenters. The highest BCUT2D eigenvalue weighted by atomic mass is 16.1. The fourth-order valence-corrected chi connectivity index (χ4v) is 10.5. The number of fused-ring (bicyclic) bond motifs is 7. The average molecular weight is 504 g/mol. The Morgan fingerprint density at radius 1 is 1.00 bits per heavy atom. The van der Waals surface area contributed by atoms with Crippen molar-refractivity contribution in [3.05, 3.63) is 34.8 Å². The molecular weight excluding hydrogens is 458 g/mol. The van der Waals surface area contributed by atoms with Crippen molar-refractivity contribution < 1.29 is 14.4 Å². The van der Waals surface area contributed by atoms with Crippen molar-refractivity contribution in [2.24, 2.45) is 50.2 Å². The van der Waals surface area contributed by atoms with E-state index in [2.05, 4.69) is 39.5 Å². The van der Waals surface area contributed by atoms with Crippen LogP contribution in [0.5, 0.6) is 0 Å². The van der Waals surface area contributed by atoms with Gasteiger partial charge in [0.1, 0.15) is 5.78 Å². The zero-order chi connectivity index (χ0) is 27.4. The molecule has 0 heterocycles. The number of carbonyl (C=O) groups excluding carboxylic acids is 3. The summed E-state index contributed by atoms with van der Waals surface area (Å²) < 4.78 is 0. The number of ketones is 3. The van der Waals surface area contributed by atoms with E-state index in [4.69, 9.17) is 6.57 Å². The molecule has 5 aliphatic rings. The maximum absolute atomic E-state index is 14.4. The molecule has 3 saturated carbocycles. The van der Waals surface area contributed by atoms with Gasteiger partial charge in [0.05, 0.1) is 6.57 Å². The molecule has 0 saturated heterocycles. The highest BCUT2D eigenvalue weighted by molar-refractivity contribution is 6.03. The monoisotopic (exact) mass is 503 g/mol. The van der Waals surface area contributed by atoms with Crippen LogP contribution in [0.1, 0.15) is 107 Å². The van der Waals surface area contributed by atoms with E-state index in [1.165, 1.54) is 0 Å². The summed E-state index contributed by atoms with van der Waals surface area (Å²) >= 11 is 0. The lowest BCUT2D eigenvalue weighted by Gasteiger charge is -2.69. The quantitative estimate of drug-likeness (QED) is 0.366.